The highest BCUT2D eigenvalue weighted by molar-refractivity contribution is 8.09. The van der Waals surface area contributed by atoms with Gasteiger partial charge in [-0.25, -0.2) is 16.8 Å². The average molecular weight is 364 g/mol. The molecule has 0 N–H and O–H groups in total. The van der Waals surface area contributed by atoms with Crippen molar-refractivity contribution in [2.45, 2.75) is 34.6 Å². The van der Waals surface area contributed by atoms with Crippen LogP contribution in [0.4, 0.5) is 0 Å². The number of hydrogen-bond donors (Lipinski definition) is 0. The van der Waals surface area contributed by atoms with E-state index in [2.05, 4.69) is 6.58 Å². The van der Waals surface area contributed by atoms with Gasteiger partial charge in [-0.15, -0.1) is 6.58 Å². The highest BCUT2D eigenvalue weighted by Crippen LogP contribution is 2.28. The molecule has 6 heteroatoms. The minimum absolute atomic E-state index is 0.00354. The first-order chi connectivity index (χ1) is 11.2. The summed E-state index contributed by atoms with van der Waals surface area (Å²) in [5.41, 5.74) is 1.65. The fraction of sp³-hybridized carbons (Fsp3) is 0.222. The van der Waals surface area contributed by atoms with Crippen LogP contribution in [0, 0.1) is 13.8 Å². The predicted molar refractivity (Wildman–Crippen MR) is 95.3 cm³/mol. The van der Waals surface area contributed by atoms with E-state index in [9.17, 15) is 16.8 Å². The summed E-state index contributed by atoms with van der Waals surface area (Å²) in [6.07, 6.45) is 1.15. The van der Waals surface area contributed by atoms with Gasteiger partial charge in [0.15, 0.2) is 24.3 Å². The third-order valence-electron chi connectivity index (χ3n) is 3.72. The molecule has 128 valence electrons. The van der Waals surface area contributed by atoms with Crippen LogP contribution in [0.3, 0.4) is 0 Å². The molecule has 0 aromatic heterocycles. The Hall–Kier alpha value is -1.92. The Morgan fingerprint density at radius 3 is 2.00 bits per heavy atom. The van der Waals surface area contributed by atoms with E-state index in [-0.39, 0.29) is 16.2 Å². The Morgan fingerprint density at radius 2 is 1.46 bits per heavy atom. The summed E-state index contributed by atoms with van der Waals surface area (Å²) >= 11 is 0. The van der Waals surface area contributed by atoms with Crippen LogP contribution in [-0.2, 0) is 19.7 Å². The van der Waals surface area contributed by atoms with Crippen LogP contribution < -0.4 is 0 Å². The maximum Gasteiger partial charge on any atom is 0.196 e. The molecule has 4 nitrogen and oxygen atoms in total. The smallest absolute Gasteiger partial charge is 0.196 e. The third kappa shape index (κ3) is 3.60. The maximum atomic E-state index is 12.9. The van der Waals surface area contributed by atoms with Crippen LogP contribution in [0.5, 0.6) is 0 Å². The molecule has 1 atom stereocenters. The lowest BCUT2D eigenvalue weighted by molar-refractivity contribution is 0.574. The monoisotopic (exact) mass is 364 g/mol. The highest BCUT2D eigenvalue weighted by atomic mass is 32.3. The van der Waals surface area contributed by atoms with Crippen LogP contribution in [0.1, 0.15) is 17.5 Å². The topological polar surface area (TPSA) is 68.3 Å². The van der Waals surface area contributed by atoms with Crippen LogP contribution >= 0.6 is 0 Å². The summed E-state index contributed by atoms with van der Waals surface area (Å²) in [4.78, 5) is 0.00112. The molecule has 0 bridgehead atoms. The van der Waals surface area contributed by atoms with Gasteiger partial charge in [0.25, 0.3) is 0 Å². The number of aryl methyl sites for hydroxylation is 2. The van der Waals surface area contributed by atoms with Crippen LogP contribution in [0.25, 0.3) is 0 Å². The second-order valence-corrected chi connectivity index (χ2v) is 10.2. The summed E-state index contributed by atoms with van der Waals surface area (Å²) in [6.45, 7) is 7.11. The molecular formula is C18H20O4S2. The van der Waals surface area contributed by atoms with E-state index < -0.39 is 24.3 Å². The minimum Gasteiger partial charge on any atom is -0.222 e. The Kier molecular flexibility index (Phi) is 5.30. The quantitative estimate of drug-likeness (QED) is 0.736. The van der Waals surface area contributed by atoms with Crippen molar-refractivity contribution < 1.29 is 16.8 Å². The molecule has 0 radical (unpaired) electrons. The van der Waals surface area contributed by atoms with E-state index in [0.717, 1.165) is 11.1 Å². The van der Waals surface area contributed by atoms with Crippen LogP contribution in [0.2, 0.25) is 0 Å². The van der Waals surface area contributed by atoms with Crippen molar-refractivity contribution in [3.8, 4) is 0 Å². The van der Waals surface area contributed by atoms with E-state index in [4.69, 9.17) is 0 Å². The van der Waals surface area contributed by atoms with E-state index in [1.165, 1.54) is 30.3 Å². The summed E-state index contributed by atoms with van der Waals surface area (Å²) in [7, 11) is -8.12. The van der Waals surface area contributed by atoms with E-state index in [0.29, 0.717) is 0 Å². The van der Waals surface area contributed by atoms with Crippen molar-refractivity contribution in [3.05, 3.63) is 72.3 Å². The van der Waals surface area contributed by atoms with Gasteiger partial charge in [0.2, 0.25) is 0 Å². The second kappa shape index (κ2) is 6.91. The van der Waals surface area contributed by atoms with Gasteiger partial charge in [0, 0.05) is 0 Å². The Labute approximate surface area is 143 Å². The summed E-state index contributed by atoms with van der Waals surface area (Å²) < 4.78 is 50.1. The molecule has 24 heavy (non-hydrogen) atoms. The Bertz CT molecular complexity index is 941. The molecule has 1 unspecified atom stereocenters. The first kappa shape index (κ1) is 18.4. The molecule has 0 saturated carbocycles. The first-order valence-corrected chi connectivity index (χ1v) is 10.5. The summed E-state index contributed by atoms with van der Waals surface area (Å²) in [5, 5.41) is 0. The van der Waals surface area contributed by atoms with E-state index in [1.807, 2.05) is 6.92 Å². The largest absolute Gasteiger partial charge is 0.222 e. The minimum atomic E-state index is -4.06. The van der Waals surface area contributed by atoms with Crippen molar-refractivity contribution in [2.75, 3.05) is 0 Å². The number of sulfone groups is 2. The molecule has 2 aromatic rings. The van der Waals surface area contributed by atoms with Gasteiger partial charge in [0.05, 0.1) is 9.79 Å². The molecular weight excluding hydrogens is 344 g/mol. The molecule has 0 aliphatic heterocycles. The summed E-state index contributed by atoms with van der Waals surface area (Å²) in [6, 6.07) is 12.4. The van der Waals surface area contributed by atoms with Crippen molar-refractivity contribution in [2.24, 2.45) is 0 Å². The standard InChI is InChI=1S/C18H20O4S2/c1-4-6-18(23(19,20)16-11-9-14(2)10-12-16)24(21,22)17-8-5-7-15(3)13-17/h4-5,7-13,18H,1,6H2,2-3H3. The fourth-order valence-electron chi connectivity index (χ4n) is 2.38. The lowest BCUT2D eigenvalue weighted by Crippen LogP contribution is -2.30. The van der Waals surface area contributed by atoms with Gasteiger partial charge in [-0.05, 0) is 50.1 Å². The maximum absolute atomic E-state index is 12.9. The van der Waals surface area contributed by atoms with Gasteiger partial charge >= 0.3 is 0 Å². The molecule has 0 fully saturated rings. The predicted octanol–water partition coefficient (Wildman–Crippen LogP) is 3.45. The summed E-state index contributed by atoms with van der Waals surface area (Å²) in [5.74, 6) is 0. The van der Waals surface area contributed by atoms with Gasteiger partial charge in [-0.3, -0.25) is 0 Å². The van der Waals surface area contributed by atoms with Crippen molar-refractivity contribution in [3.63, 3.8) is 0 Å². The molecule has 0 spiro atoms. The van der Waals surface area contributed by atoms with Gasteiger partial charge in [-0.1, -0.05) is 35.9 Å². The molecule has 0 aliphatic rings. The average Bonchev–Trinajstić information content (AvgIpc) is 2.52. The van der Waals surface area contributed by atoms with Gasteiger partial charge in [-0.2, -0.15) is 0 Å². The first-order valence-electron chi connectivity index (χ1n) is 7.41. The normalized spacial score (nSPS) is 13.4. The number of allylic oxidation sites excluding steroid dienone is 1. The molecule has 0 aliphatic carbocycles. The third-order valence-corrected chi connectivity index (χ3v) is 8.85. The molecule has 0 heterocycles. The van der Waals surface area contributed by atoms with Crippen molar-refractivity contribution in [1.82, 2.24) is 0 Å². The molecule has 2 rings (SSSR count). The Balaban J connectivity index is 2.60. The zero-order valence-electron chi connectivity index (χ0n) is 13.6. The Morgan fingerprint density at radius 1 is 0.875 bits per heavy atom. The lowest BCUT2D eigenvalue weighted by Gasteiger charge is -2.17. The lowest BCUT2D eigenvalue weighted by atomic mass is 10.2. The zero-order chi connectivity index (χ0) is 18.0. The number of benzene rings is 2. The molecule has 2 aromatic carbocycles. The zero-order valence-corrected chi connectivity index (χ0v) is 15.3. The highest BCUT2D eigenvalue weighted by Gasteiger charge is 2.38. The fourth-order valence-corrected chi connectivity index (χ4v) is 6.90. The number of hydrogen-bond acceptors (Lipinski definition) is 4. The number of rotatable bonds is 6. The molecule has 0 amide bonds. The SMILES string of the molecule is C=CCC(S(=O)(=O)c1ccc(C)cc1)S(=O)(=O)c1cccc(C)c1. The van der Waals surface area contributed by atoms with E-state index in [1.54, 1.807) is 31.2 Å². The van der Waals surface area contributed by atoms with Crippen molar-refractivity contribution in [1.29, 1.82) is 0 Å². The molecule has 0 saturated heterocycles. The second-order valence-electron chi connectivity index (χ2n) is 5.67. The van der Waals surface area contributed by atoms with Crippen molar-refractivity contribution >= 4 is 19.7 Å². The van der Waals surface area contributed by atoms with Gasteiger partial charge in [0.1, 0.15) is 0 Å². The van der Waals surface area contributed by atoms with E-state index >= 15 is 0 Å². The van der Waals surface area contributed by atoms with Gasteiger partial charge < -0.3 is 0 Å². The van der Waals surface area contributed by atoms with Crippen LogP contribution in [0.15, 0.2) is 71.0 Å². The van der Waals surface area contributed by atoms with Crippen LogP contribution in [-0.4, -0.2) is 21.4 Å².